The average Bonchev–Trinajstić information content (AvgIpc) is 3.24. The molecule has 0 atom stereocenters. The number of benzene rings is 6. The number of aliphatic imine (C=N–C) groups is 2. The van der Waals surface area contributed by atoms with E-state index in [-0.39, 0.29) is 11.8 Å². The van der Waals surface area contributed by atoms with Gasteiger partial charge in [0.05, 0.1) is 34.2 Å². The fourth-order valence-electron chi connectivity index (χ4n) is 7.99. The Morgan fingerprint density at radius 2 is 0.875 bits per heavy atom. The Morgan fingerprint density at radius 1 is 0.464 bits per heavy atom. The van der Waals surface area contributed by atoms with Crippen LogP contribution in [0.3, 0.4) is 0 Å². The first-order chi connectivity index (χ1) is 27.3. The molecule has 0 aliphatic rings. The highest BCUT2D eigenvalue weighted by molar-refractivity contribution is 6.02. The first-order valence-electron chi connectivity index (χ1n) is 19.9. The molecule has 3 nitrogen and oxygen atoms in total. The summed E-state index contributed by atoms with van der Waals surface area (Å²) in [7, 11) is 0. The average molecular weight is 730 g/mol. The van der Waals surface area contributed by atoms with Crippen LogP contribution >= 0.6 is 0 Å². The minimum Gasteiger partial charge on any atom is -0.251 e. The van der Waals surface area contributed by atoms with Crippen LogP contribution in [0.1, 0.15) is 107 Å². The van der Waals surface area contributed by atoms with E-state index in [0.717, 1.165) is 52.6 Å². The molecule has 7 aromatic rings. The van der Waals surface area contributed by atoms with Crippen LogP contribution in [-0.4, -0.2) is 16.4 Å². The summed E-state index contributed by atoms with van der Waals surface area (Å²) in [5.74, 6) is 0.00950. The molecule has 1 aromatic heterocycles. The lowest BCUT2D eigenvalue weighted by atomic mass is 9.79. The van der Waals surface area contributed by atoms with Crippen LogP contribution in [0.5, 0.6) is 0 Å². The Balaban J connectivity index is 1.40. The van der Waals surface area contributed by atoms with Crippen LogP contribution in [0.2, 0.25) is 0 Å². The highest BCUT2D eigenvalue weighted by Gasteiger charge is 2.25. The van der Waals surface area contributed by atoms with Gasteiger partial charge in [0.2, 0.25) is 0 Å². The molecule has 1 heterocycles. The van der Waals surface area contributed by atoms with Crippen molar-refractivity contribution in [2.24, 2.45) is 9.98 Å². The third-order valence-electron chi connectivity index (χ3n) is 10.8. The van der Waals surface area contributed by atoms with E-state index in [1.807, 2.05) is 0 Å². The molecule has 0 bridgehead atoms. The van der Waals surface area contributed by atoms with Crippen LogP contribution in [0.15, 0.2) is 174 Å². The largest absolute Gasteiger partial charge is 0.251 e. The number of aryl methyl sites for hydroxylation is 4. The lowest BCUT2D eigenvalue weighted by Crippen LogP contribution is -2.10. The predicted molar refractivity (Wildman–Crippen MR) is 237 cm³/mol. The number of nitrogens with zero attached hydrogens (tertiary/aromatic N) is 3. The Kier molecular flexibility index (Phi) is 11.9. The quantitative estimate of drug-likeness (QED) is 0.0911. The summed E-state index contributed by atoms with van der Waals surface area (Å²) in [5, 5.41) is 0. The third-order valence-corrected chi connectivity index (χ3v) is 10.8. The number of aromatic nitrogens is 1. The minimum atomic E-state index is -0.0431. The number of hydrogen-bond donors (Lipinski definition) is 0. The highest BCUT2D eigenvalue weighted by atomic mass is 14.8. The molecular weight excluding hydrogens is 679 g/mol. The normalized spacial score (nSPS) is 12.1. The zero-order valence-electron chi connectivity index (χ0n) is 33.5. The first kappa shape index (κ1) is 38.1. The molecule has 0 aliphatic heterocycles. The molecule has 7 rings (SSSR count). The molecule has 0 aliphatic carbocycles. The molecule has 3 heteroatoms. The van der Waals surface area contributed by atoms with E-state index in [9.17, 15) is 0 Å². The van der Waals surface area contributed by atoms with Gasteiger partial charge in [-0.15, -0.1) is 0 Å². The lowest BCUT2D eigenvalue weighted by Gasteiger charge is -2.26. The van der Waals surface area contributed by atoms with Gasteiger partial charge in [0, 0.05) is 11.8 Å². The minimum absolute atomic E-state index is 0.0431. The Labute approximate surface area is 333 Å². The maximum Gasteiger partial charge on any atom is 0.0849 e. The predicted octanol–water partition coefficient (Wildman–Crippen LogP) is 13.5. The Morgan fingerprint density at radius 3 is 1.30 bits per heavy atom. The standard InChI is InChI=1S/C53H51N3/c1-7-40-32-36(3)33-41(8-2)53(40)55-39(6)49-31-21-30-48(56-49)38(5)54-52-37(4)34-46(50(42-22-13-9-14-23-42)43-24-15-10-16-25-43)35-47(52)51(44-26-17-11-18-27-44)45-28-19-12-20-29-45/h9-35,50-51H,7-8H2,1-6H3. The summed E-state index contributed by atoms with van der Waals surface area (Å²) in [5.41, 5.74) is 17.8. The van der Waals surface area contributed by atoms with E-state index in [1.165, 1.54) is 50.1 Å². The van der Waals surface area contributed by atoms with Crippen LogP contribution < -0.4 is 0 Å². The summed E-state index contributed by atoms with van der Waals surface area (Å²) in [6.45, 7) is 12.9. The summed E-state index contributed by atoms with van der Waals surface area (Å²) in [6.07, 6.45) is 1.87. The Bertz CT molecular complexity index is 2360. The zero-order valence-corrected chi connectivity index (χ0v) is 33.5. The van der Waals surface area contributed by atoms with Crippen molar-refractivity contribution in [3.63, 3.8) is 0 Å². The molecule has 0 spiro atoms. The van der Waals surface area contributed by atoms with Crippen LogP contribution in [0, 0.1) is 13.8 Å². The van der Waals surface area contributed by atoms with Crippen LogP contribution in [-0.2, 0) is 12.8 Å². The van der Waals surface area contributed by atoms with E-state index in [2.05, 4.69) is 205 Å². The van der Waals surface area contributed by atoms with E-state index in [1.54, 1.807) is 0 Å². The fourth-order valence-corrected chi connectivity index (χ4v) is 7.99. The van der Waals surface area contributed by atoms with Gasteiger partial charge in [-0.3, -0.25) is 9.98 Å². The highest BCUT2D eigenvalue weighted by Crippen LogP contribution is 2.43. The van der Waals surface area contributed by atoms with Crippen LogP contribution in [0.4, 0.5) is 11.4 Å². The van der Waals surface area contributed by atoms with Gasteiger partial charge < -0.3 is 0 Å². The van der Waals surface area contributed by atoms with Gasteiger partial charge in [-0.05, 0) is 103 Å². The smallest absolute Gasteiger partial charge is 0.0849 e. The van der Waals surface area contributed by atoms with Crippen molar-refractivity contribution < 1.29 is 0 Å². The van der Waals surface area contributed by atoms with Gasteiger partial charge in [0.1, 0.15) is 0 Å². The zero-order chi connectivity index (χ0) is 39.0. The first-order valence-corrected chi connectivity index (χ1v) is 19.9. The molecule has 0 amide bonds. The maximum atomic E-state index is 5.51. The third kappa shape index (κ3) is 8.38. The number of hydrogen-bond acceptors (Lipinski definition) is 3. The van der Waals surface area contributed by atoms with Crippen molar-refractivity contribution in [3.05, 3.63) is 231 Å². The number of pyridine rings is 1. The van der Waals surface area contributed by atoms with Gasteiger partial charge in [-0.25, -0.2) is 4.98 Å². The van der Waals surface area contributed by atoms with Gasteiger partial charge in [-0.2, -0.15) is 0 Å². The SMILES string of the molecule is CCc1cc(C)cc(CC)c1N=C(C)c1cccc(C(C)=Nc2c(C)cc(C(c3ccccc3)c3ccccc3)cc2C(c2ccccc2)c2ccccc2)n1. The Hall–Kier alpha value is -6.19. The molecule has 0 saturated heterocycles. The second-order valence-electron chi connectivity index (χ2n) is 14.7. The van der Waals surface area contributed by atoms with E-state index >= 15 is 0 Å². The number of rotatable bonds is 12. The van der Waals surface area contributed by atoms with Crippen molar-refractivity contribution in [1.82, 2.24) is 4.98 Å². The van der Waals surface area contributed by atoms with E-state index in [4.69, 9.17) is 15.0 Å². The summed E-state index contributed by atoms with van der Waals surface area (Å²) < 4.78 is 0. The second kappa shape index (κ2) is 17.5. The second-order valence-corrected chi connectivity index (χ2v) is 14.7. The molecule has 0 radical (unpaired) electrons. The van der Waals surface area contributed by atoms with Crippen LogP contribution in [0.25, 0.3) is 0 Å². The summed E-state index contributed by atoms with van der Waals surface area (Å²) in [6, 6.07) is 58.8. The monoisotopic (exact) mass is 729 g/mol. The fraction of sp³-hybridized carbons (Fsp3) is 0.189. The van der Waals surface area contributed by atoms with Crippen molar-refractivity contribution in [2.75, 3.05) is 0 Å². The molecule has 0 N–H and O–H groups in total. The van der Waals surface area contributed by atoms with Gasteiger partial charge in [-0.1, -0.05) is 171 Å². The summed E-state index contributed by atoms with van der Waals surface area (Å²) in [4.78, 5) is 15.9. The van der Waals surface area contributed by atoms with Crippen molar-refractivity contribution in [3.8, 4) is 0 Å². The molecule has 56 heavy (non-hydrogen) atoms. The topological polar surface area (TPSA) is 37.6 Å². The van der Waals surface area contributed by atoms with E-state index < -0.39 is 0 Å². The molecule has 0 unspecified atom stereocenters. The molecule has 0 saturated carbocycles. The summed E-state index contributed by atoms with van der Waals surface area (Å²) >= 11 is 0. The van der Waals surface area contributed by atoms with E-state index in [0.29, 0.717) is 0 Å². The lowest BCUT2D eigenvalue weighted by molar-refractivity contribution is 0.934. The molecular formula is C53H51N3. The molecule has 278 valence electrons. The van der Waals surface area contributed by atoms with Gasteiger partial charge in [0.15, 0.2) is 0 Å². The van der Waals surface area contributed by atoms with Gasteiger partial charge in [0.25, 0.3) is 0 Å². The van der Waals surface area contributed by atoms with Crippen molar-refractivity contribution >= 4 is 22.8 Å². The molecule has 0 fully saturated rings. The van der Waals surface area contributed by atoms with Crippen molar-refractivity contribution in [2.45, 2.75) is 66.2 Å². The van der Waals surface area contributed by atoms with Crippen molar-refractivity contribution in [1.29, 1.82) is 0 Å². The maximum absolute atomic E-state index is 5.51. The molecule has 6 aromatic carbocycles. The van der Waals surface area contributed by atoms with Gasteiger partial charge >= 0.3 is 0 Å².